The molecule has 0 saturated heterocycles. The van der Waals surface area contributed by atoms with Crippen LogP contribution in [0.1, 0.15) is 44.5 Å². The maximum absolute atomic E-state index is 13.1. The van der Waals surface area contributed by atoms with E-state index in [2.05, 4.69) is 63.7 Å². The fraction of sp³-hybridized carbons (Fsp3) is 0.368. The molecule has 2 heterocycles. The van der Waals surface area contributed by atoms with Crippen LogP contribution in [0.15, 0.2) is 38.5 Å². The average Bonchev–Trinajstić information content (AvgIpc) is 2.61. The standard InChI is InChI=1S/C19H22Br2N4O2S/c1-5-6-7-13(3)24-19-16(21)10-22-11-17(19)28(26,27)25-14(4)18-15(20)8-12(2)9-23-18/h8-11,13-14,25H,7H2,1-4H3,(H,22,24). The highest BCUT2D eigenvalue weighted by Crippen LogP contribution is 2.31. The van der Waals surface area contributed by atoms with Crippen molar-refractivity contribution in [1.82, 2.24) is 14.7 Å². The largest absolute Gasteiger partial charge is 0.380 e. The number of nitrogens with one attached hydrogen (secondary N) is 2. The zero-order valence-electron chi connectivity index (χ0n) is 16.0. The molecule has 0 saturated carbocycles. The fourth-order valence-corrected chi connectivity index (χ4v) is 5.25. The van der Waals surface area contributed by atoms with Crippen molar-refractivity contribution in [3.63, 3.8) is 0 Å². The molecule has 2 aromatic heterocycles. The van der Waals surface area contributed by atoms with Gasteiger partial charge in [-0.3, -0.25) is 9.97 Å². The molecule has 2 atom stereocenters. The zero-order chi connectivity index (χ0) is 20.9. The molecule has 0 spiro atoms. The second-order valence-electron chi connectivity index (χ2n) is 6.39. The summed E-state index contributed by atoms with van der Waals surface area (Å²) < 4.78 is 30.2. The highest BCUT2D eigenvalue weighted by molar-refractivity contribution is 9.10. The summed E-state index contributed by atoms with van der Waals surface area (Å²) in [6.45, 7) is 7.38. The molecule has 9 heteroatoms. The van der Waals surface area contributed by atoms with Crippen molar-refractivity contribution in [3.05, 3.63) is 44.9 Å². The van der Waals surface area contributed by atoms with E-state index in [1.165, 1.54) is 6.20 Å². The molecule has 0 radical (unpaired) electrons. The number of halogens is 2. The lowest BCUT2D eigenvalue weighted by molar-refractivity contribution is 0.563. The first kappa shape index (κ1) is 22.8. The Morgan fingerprint density at radius 3 is 2.54 bits per heavy atom. The van der Waals surface area contributed by atoms with Crippen LogP contribution in [0.3, 0.4) is 0 Å². The molecule has 0 aromatic carbocycles. The molecule has 2 unspecified atom stereocenters. The molecule has 0 aliphatic heterocycles. The molecule has 0 aliphatic rings. The van der Waals surface area contributed by atoms with Crippen molar-refractivity contribution < 1.29 is 8.42 Å². The summed E-state index contributed by atoms with van der Waals surface area (Å²) in [6.07, 6.45) is 5.18. The van der Waals surface area contributed by atoms with E-state index in [0.29, 0.717) is 22.3 Å². The predicted octanol–water partition coefficient (Wildman–Crippen LogP) is 4.56. The van der Waals surface area contributed by atoms with E-state index in [-0.39, 0.29) is 10.9 Å². The highest BCUT2D eigenvalue weighted by atomic mass is 79.9. The van der Waals surface area contributed by atoms with Crippen LogP contribution < -0.4 is 10.0 Å². The number of hydrogen-bond donors (Lipinski definition) is 2. The van der Waals surface area contributed by atoms with E-state index in [4.69, 9.17) is 0 Å². The average molecular weight is 530 g/mol. The van der Waals surface area contributed by atoms with Gasteiger partial charge in [0.1, 0.15) is 4.90 Å². The second-order valence-corrected chi connectivity index (χ2v) is 9.78. The third-order valence-corrected chi connectivity index (χ3v) is 6.67. The number of sulfonamides is 1. The minimum absolute atomic E-state index is 0.0366. The monoisotopic (exact) mass is 528 g/mol. The van der Waals surface area contributed by atoms with Gasteiger partial charge in [-0.25, -0.2) is 13.1 Å². The Hall–Kier alpha value is -1.47. The number of nitrogens with zero attached hydrogens (tertiary/aromatic N) is 2. The Labute approximate surface area is 183 Å². The van der Waals surface area contributed by atoms with Gasteiger partial charge in [-0.15, -0.1) is 11.8 Å². The predicted molar refractivity (Wildman–Crippen MR) is 118 cm³/mol. The SMILES string of the molecule is CC#CCC(C)Nc1c(Br)cncc1S(=O)(=O)NC(C)c1ncc(C)cc1Br. The van der Waals surface area contributed by atoms with Gasteiger partial charge >= 0.3 is 0 Å². The van der Waals surface area contributed by atoms with Crippen molar-refractivity contribution in [3.8, 4) is 11.8 Å². The Kier molecular flexibility index (Phi) is 8.01. The molecule has 2 aromatic rings. The number of aromatic nitrogens is 2. The van der Waals surface area contributed by atoms with Crippen molar-refractivity contribution in [1.29, 1.82) is 0 Å². The minimum atomic E-state index is -3.86. The number of pyridine rings is 2. The van der Waals surface area contributed by atoms with Gasteiger partial charge in [0, 0.05) is 35.5 Å². The van der Waals surface area contributed by atoms with Crippen LogP contribution in [0.2, 0.25) is 0 Å². The van der Waals surface area contributed by atoms with Crippen LogP contribution in [0.4, 0.5) is 5.69 Å². The number of aryl methyl sites for hydroxylation is 1. The number of anilines is 1. The van der Waals surface area contributed by atoms with Gasteiger partial charge in [0.2, 0.25) is 10.0 Å². The molecule has 0 amide bonds. The lowest BCUT2D eigenvalue weighted by atomic mass is 10.2. The molecule has 0 bridgehead atoms. The fourth-order valence-electron chi connectivity index (χ4n) is 2.53. The maximum atomic E-state index is 13.1. The molecule has 28 heavy (non-hydrogen) atoms. The van der Waals surface area contributed by atoms with E-state index < -0.39 is 16.1 Å². The third-order valence-electron chi connectivity index (χ3n) is 3.88. The van der Waals surface area contributed by atoms with Gasteiger partial charge in [0.25, 0.3) is 0 Å². The lowest BCUT2D eigenvalue weighted by Crippen LogP contribution is -2.29. The molecular weight excluding hydrogens is 508 g/mol. The minimum Gasteiger partial charge on any atom is -0.380 e. The first-order valence-corrected chi connectivity index (χ1v) is 11.7. The molecule has 2 rings (SSSR count). The summed E-state index contributed by atoms with van der Waals surface area (Å²) in [5.74, 6) is 5.83. The summed E-state index contributed by atoms with van der Waals surface area (Å²) in [5.41, 5.74) is 2.05. The van der Waals surface area contributed by atoms with E-state index in [0.717, 1.165) is 10.0 Å². The number of rotatable bonds is 7. The van der Waals surface area contributed by atoms with Gasteiger partial charge in [-0.05, 0) is 71.2 Å². The smallest absolute Gasteiger partial charge is 0.244 e. The molecule has 0 aliphatic carbocycles. The Morgan fingerprint density at radius 2 is 1.89 bits per heavy atom. The Bertz CT molecular complexity index is 1020. The van der Waals surface area contributed by atoms with Crippen LogP contribution in [-0.2, 0) is 10.0 Å². The maximum Gasteiger partial charge on any atom is 0.244 e. The summed E-state index contributed by atoms with van der Waals surface area (Å²) in [7, 11) is -3.86. The van der Waals surface area contributed by atoms with Crippen molar-refractivity contribution >= 4 is 47.6 Å². The first-order chi connectivity index (χ1) is 13.2. The topological polar surface area (TPSA) is 84.0 Å². The third kappa shape index (κ3) is 5.77. The van der Waals surface area contributed by atoms with Crippen molar-refractivity contribution in [2.75, 3.05) is 5.32 Å². The molecule has 2 N–H and O–H groups in total. The summed E-state index contributed by atoms with van der Waals surface area (Å²) >= 11 is 6.85. The van der Waals surface area contributed by atoms with Crippen LogP contribution in [0.5, 0.6) is 0 Å². The molecule has 150 valence electrons. The van der Waals surface area contributed by atoms with E-state index in [1.807, 2.05) is 19.9 Å². The molecule has 6 nitrogen and oxygen atoms in total. The van der Waals surface area contributed by atoms with Crippen LogP contribution in [-0.4, -0.2) is 24.4 Å². The normalized spacial score (nSPS) is 13.4. The summed E-state index contributed by atoms with van der Waals surface area (Å²) in [6, 6.07) is 1.33. The van der Waals surface area contributed by atoms with Crippen molar-refractivity contribution in [2.45, 2.75) is 51.1 Å². The molecular formula is C19H22Br2N4O2S. The quantitative estimate of drug-likeness (QED) is 0.513. The van der Waals surface area contributed by atoms with E-state index in [1.54, 1.807) is 26.2 Å². The first-order valence-electron chi connectivity index (χ1n) is 8.59. The van der Waals surface area contributed by atoms with Gasteiger partial charge in [0.05, 0.1) is 21.9 Å². The zero-order valence-corrected chi connectivity index (χ0v) is 20.0. The van der Waals surface area contributed by atoms with Gasteiger partial charge in [-0.1, -0.05) is 0 Å². The highest BCUT2D eigenvalue weighted by Gasteiger charge is 2.25. The summed E-state index contributed by atoms with van der Waals surface area (Å²) in [5, 5.41) is 3.22. The van der Waals surface area contributed by atoms with Crippen LogP contribution in [0, 0.1) is 18.8 Å². The Morgan fingerprint density at radius 1 is 1.18 bits per heavy atom. The van der Waals surface area contributed by atoms with E-state index in [9.17, 15) is 8.42 Å². The van der Waals surface area contributed by atoms with Crippen LogP contribution >= 0.6 is 31.9 Å². The Balaban J connectivity index is 2.34. The summed E-state index contributed by atoms with van der Waals surface area (Å²) in [4.78, 5) is 8.44. The van der Waals surface area contributed by atoms with Gasteiger partial charge < -0.3 is 5.32 Å². The molecule has 0 fully saturated rings. The van der Waals surface area contributed by atoms with Gasteiger partial charge in [0.15, 0.2) is 0 Å². The second kappa shape index (κ2) is 9.83. The number of hydrogen-bond acceptors (Lipinski definition) is 5. The van der Waals surface area contributed by atoms with Crippen LogP contribution in [0.25, 0.3) is 0 Å². The van der Waals surface area contributed by atoms with Gasteiger partial charge in [-0.2, -0.15) is 0 Å². The lowest BCUT2D eigenvalue weighted by Gasteiger charge is -2.20. The van der Waals surface area contributed by atoms with E-state index >= 15 is 0 Å². The van der Waals surface area contributed by atoms with Crippen molar-refractivity contribution in [2.24, 2.45) is 0 Å².